The Hall–Kier alpha value is -3.20. The van der Waals surface area contributed by atoms with Crippen LogP contribution in [0.4, 0.5) is 5.00 Å². The van der Waals surface area contributed by atoms with Crippen molar-refractivity contribution in [2.75, 3.05) is 11.9 Å². The molecule has 0 bridgehead atoms. The van der Waals surface area contributed by atoms with Crippen LogP contribution in [0.1, 0.15) is 23.1 Å². The number of ether oxygens (including phenoxy) is 1. The van der Waals surface area contributed by atoms with Gasteiger partial charge < -0.3 is 19.7 Å². The van der Waals surface area contributed by atoms with Crippen molar-refractivity contribution in [2.45, 2.75) is 20.1 Å². The number of amides is 1. The zero-order chi connectivity index (χ0) is 22.7. The molecule has 4 rings (SSSR count). The number of halogens is 1. The molecule has 2 aromatic carbocycles. The molecule has 0 aliphatic carbocycles. The van der Waals surface area contributed by atoms with Gasteiger partial charge in [0.05, 0.1) is 17.6 Å². The van der Waals surface area contributed by atoms with Crippen molar-refractivity contribution in [3.8, 4) is 11.1 Å². The standard InChI is InChI=1S/C23H20ClN3O4S/c1-2-31-23(30)21-15(14-7-3-4-8-16(14)24)13-32-22(21)26-20(29)11-27-18-10-6-5-9-17(18)25-19(27)12-28/h3-10,13,28H,2,11-12H2,1H3,(H,26,29). The summed E-state index contributed by atoms with van der Waals surface area (Å²) in [7, 11) is 0. The van der Waals surface area contributed by atoms with Gasteiger partial charge in [-0.15, -0.1) is 11.3 Å². The molecular weight excluding hydrogens is 450 g/mol. The van der Waals surface area contributed by atoms with Gasteiger partial charge in [-0.05, 0) is 25.1 Å². The smallest absolute Gasteiger partial charge is 0.341 e. The maximum Gasteiger partial charge on any atom is 0.341 e. The highest BCUT2D eigenvalue weighted by Gasteiger charge is 2.24. The van der Waals surface area contributed by atoms with Gasteiger partial charge in [0.1, 0.15) is 29.5 Å². The topological polar surface area (TPSA) is 93.5 Å². The Labute approximate surface area is 193 Å². The van der Waals surface area contributed by atoms with Crippen LogP contribution < -0.4 is 5.32 Å². The van der Waals surface area contributed by atoms with E-state index in [-0.39, 0.29) is 31.2 Å². The van der Waals surface area contributed by atoms with Crippen molar-refractivity contribution < 1.29 is 19.4 Å². The van der Waals surface area contributed by atoms with E-state index in [9.17, 15) is 14.7 Å². The average molecular weight is 470 g/mol. The SMILES string of the molecule is CCOC(=O)c1c(-c2ccccc2Cl)csc1NC(=O)Cn1c(CO)nc2ccccc21. The van der Waals surface area contributed by atoms with Crippen LogP contribution in [0.2, 0.25) is 5.02 Å². The van der Waals surface area contributed by atoms with E-state index >= 15 is 0 Å². The van der Waals surface area contributed by atoms with Crippen LogP contribution in [-0.4, -0.2) is 33.1 Å². The molecule has 2 heterocycles. The highest BCUT2D eigenvalue weighted by Crippen LogP contribution is 2.39. The Morgan fingerprint density at radius 1 is 1.16 bits per heavy atom. The third-order valence-corrected chi connectivity index (χ3v) is 6.09. The normalized spacial score (nSPS) is 11.0. The fourth-order valence-electron chi connectivity index (χ4n) is 3.47. The minimum atomic E-state index is -0.539. The number of carbonyl (C=O) groups is 2. The zero-order valence-electron chi connectivity index (χ0n) is 17.2. The van der Waals surface area contributed by atoms with E-state index in [1.807, 2.05) is 36.4 Å². The molecule has 7 nitrogen and oxygen atoms in total. The fourth-order valence-corrected chi connectivity index (χ4v) is 4.67. The third-order valence-electron chi connectivity index (χ3n) is 4.86. The molecular formula is C23H20ClN3O4S. The highest BCUT2D eigenvalue weighted by molar-refractivity contribution is 7.15. The first-order valence-corrected chi connectivity index (χ1v) is 11.2. The van der Waals surface area contributed by atoms with Gasteiger partial charge in [-0.1, -0.05) is 41.9 Å². The van der Waals surface area contributed by atoms with E-state index in [2.05, 4.69) is 10.3 Å². The third kappa shape index (κ3) is 4.25. The van der Waals surface area contributed by atoms with E-state index < -0.39 is 5.97 Å². The van der Waals surface area contributed by atoms with Crippen molar-refractivity contribution in [3.63, 3.8) is 0 Å². The van der Waals surface area contributed by atoms with Crippen molar-refractivity contribution >= 4 is 50.8 Å². The van der Waals surface area contributed by atoms with Crippen LogP contribution in [0.3, 0.4) is 0 Å². The largest absolute Gasteiger partial charge is 0.462 e. The van der Waals surface area contributed by atoms with Gasteiger partial charge in [0.25, 0.3) is 0 Å². The second-order valence-corrected chi connectivity index (χ2v) is 8.15. The zero-order valence-corrected chi connectivity index (χ0v) is 18.7. The Morgan fingerprint density at radius 3 is 2.66 bits per heavy atom. The predicted octanol–water partition coefficient (Wildman–Crippen LogP) is 4.73. The van der Waals surface area contributed by atoms with Gasteiger partial charge in [0.2, 0.25) is 5.91 Å². The lowest BCUT2D eigenvalue weighted by Crippen LogP contribution is -2.21. The van der Waals surface area contributed by atoms with Gasteiger partial charge in [-0.2, -0.15) is 0 Å². The summed E-state index contributed by atoms with van der Waals surface area (Å²) in [5.74, 6) is -0.515. The fraction of sp³-hybridized carbons (Fsp3) is 0.174. The lowest BCUT2D eigenvalue weighted by atomic mass is 10.0. The number of hydrogen-bond acceptors (Lipinski definition) is 6. The number of esters is 1. The second kappa shape index (κ2) is 9.52. The molecule has 0 unspecified atom stereocenters. The number of aliphatic hydroxyl groups excluding tert-OH is 1. The molecule has 0 saturated heterocycles. The van der Waals surface area contributed by atoms with Crippen LogP contribution in [0.25, 0.3) is 22.2 Å². The maximum absolute atomic E-state index is 12.9. The van der Waals surface area contributed by atoms with Gasteiger partial charge in [0.15, 0.2) is 0 Å². The molecule has 0 spiro atoms. The number of para-hydroxylation sites is 2. The summed E-state index contributed by atoms with van der Waals surface area (Å²) >= 11 is 7.57. The molecule has 9 heteroatoms. The van der Waals surface area contributed by atoms with Crippen LogP contribution in [0.15, 0.2) is 53.9 Å². The number of anilines is 1. The first-order valence-electron chi connectivity index (χ1n) is 9.91. The molecule has 0 fully saturated rings. The van der Waals surface area contributed by atoms with Gasteiger partial charge in [0, 0.05) is 21.5 Å². The number of aliphatic hydroxyl groups is 1. The number of nitrogens with zero attached hydrogens (tertiary/aromatic N) is 2. The number of benzene rings is 2. The molecule has 0 atom stereocenters. The first kappa shape index (κ1) is 22.0. The minimum Gasteiger partial charge on any atom is -0.462 e. The van der Waals surface area contributed by atoms with Crippen LogP contribution >= 0.6 is 22.9 Å². The number of fused-ring (bicyclic) bond motifs is 1. The Balaban J connectivity index is 1.67. The lowest BCUT2D eigenvalue weighted by Gasteiger charge is -2.11. The summed E-state index contributed by atoms with van der Waals surface area (Å²) in [4.78, 5) is 30.0. The number of imidazole rings is 1. The lowest BCUT2D eigenvalue weighted by molar-refractivity contribution is -0.116. The summed E-state index contributed by atoms with van der Waals surface area (Å²) in [5, 5.41) is 15.1. The first-order chi connectivity index (χ1) is 15.5. The molecule has 32 heavy (non-hydrogen) atoms. The minimum absolute atomic E-state index is 0.0714. The Bertz CT molecular complexity index is 1300. The number of rotatable bonds is 7. The number of nitrogens with one attached hydrogen (secondary N) is 1. The van der Waals surface area contributed by atoms with E-state index in [0.717, 1.165) is 5.52 Å². The maximum atomic E-state index is 12.9. The van der Waals surface area contributed by atoms with E-state index in [1.54, 1.807) is 29.0 Å². The Morgan fingerprint density at radius 2 is 1.91 bits per heavy atom. The Kier molecular flexibility index (Phi) is 6.55. The molecule has 0 radical (unpaired) electrons. The molecule has 2 N–H and O–H groups in total. The van der Waals surface area contributed by atoms with Gasteiger partial charge in [-0.3, -0.25) is 4.79 Å². The van der Waals surface area contributed by atoms with Crippen LogP contribution in [0.5, 0.6) is 0 Å². The van der Waals surface area contributed by atoms with Gasteiger partial charge >= 0.3 is 5.97 Å². The van der Waals surface area contributed by atoms with Gasteiger partial charge in [-0.25, -0.2) is 9.78 Å². The van der Waals surface area contributed by atoms with Crippen LogP contribution in [0, 0.1) is 0 Å². The van der Waals surface area contributed by atoms with E-state index in [0.29, 0.717) is 32.5 Å². The molecule has 2 aromatic heterocycles. The molecule has 0 aliphatic heterocycles. The average Bonchev–Trinajstić information content (AvgIpc) is 3.35. The van der Waals surface area contributed by atoms with E-state index in [1.165, 1.54) is 11.3 Å². The summed E-state index contributed by atoms with van der Waals surface area (Å²) in [6, 6.07) is 14.5. The number of carbonyl (C=O) groups excluding carboxylic acids is 2. The monoisotopic (exact) mass is 469 g/mol. The van der Waals surface area contributed by atoms with E-state index in [4.69, 9.17) is 16.3 Å². The summed E-state index contributed by atoms with van der Waals surface area (Å²) in [6.07, 6.45) is 0. The predicted molar refractivity (Wildman–Crippen MR) is 125 cm³/mol. The van der Waals surface area contributed by atoms with Crippen molar-refractivity contribution in [2.24, 2.45) is 0 Å². The van der Waals surface area contributed by atoms with Crippen molar-refractivity contribution in [1.82, 2.24) is 9.55 Å². The summed E-state index contributed by atoms with van der Waals surface area (Å²) in [5.41, 5.74) is 2.96. The molecule has 1 amide bonds. The quantitative estimate of drug-likeness (QED) is 0.382. The van der Waals surface area contributed by atoms with Crippen molar-refractivity contribution in [1.29, 1.82) is 0 Å². The molecule has 0 aliphatic rings. The summed E-state index contributed by atoms with van der Waals surface area (Å²) < 4.78 is 6.89. The molecule has 4 aromatic rings. The second-order valence-electron chi connectivity index (χ2n) is 6.86. The number of hydrogen-bond donors (Lipinski definition) is 2. The molecule has 164 valence electrons. The summed E-state index contributed by atoms with van der Waals surface area (Å²) in [6.45, 7) is 1.55. The van der Waals surface area contributed by atoms with Crippen molar-refractivity contribution in [3.05, 3.63) is 70.3 Å². The number of aromatic nitrogens is 2. The number of thiophene rings is 1. The highest BCUT2D eigenvalue weighted by atomic mass is 35.5. The van der Waals surface area contributed by atoms with Crippen LogP contribution in [-0.2, 0) is 22.7 Å². The molecule has 0 saturated carbocycles.